The van der Waals surface area contributed by atoms with E-state index in [0.717, 1.165) is 16.9 Å². The van der Waals surface area contributed by atoms with Gasteiger partial charge in [-0.1, -0.05) is 44.2 Å². The lowest BCUT2D eigenvalue weighted by Crippen LogP contribution is -2.35. The number of amides is 1. The molecule has 0 saturated carbocycles. The fourth-order valence-corrected chi connectivity index (χ4v) is 3.70. The third kappa shape index (κ3) is 4.71. The maximum Gasteiger partial charge on any atom is 0.347 e. The van der Waals surface area contributed by atoms with Crippen LogP contribution in [0.3, 0.4) is 0 Å². The zero-order chi connectivity index (χ0) is 19.2. The van der Waals surface area contributed by atoms with Crippen LogP contribution in [-0.4, -0.2) is 15.5 Å². The predicted octanol–water partition coefficient (Wildman–Crippen LogP) is 3.72. The van der Waals surface area contributed by atoms with Crippen LogP contribution in [0, 0.1) is 0 Å². The van der Waals surface area contributed by atoms with Crippen molar-refractivity contribution in [2.45, 2.75) is 38.8 Å². The minimum absolute atomic E-state index is 0.0561. The standard InChI is InChI=1S/C21H23N3O2S/c1-3-15(2)16-7-9-17(10-8-16)20(18-6-4-13-27-18)23-19(25)14-24-12-5-11-22-21(24)26/h4-13,15,20H,3,14H2,1-2H3,(H,23,25)/t15-,20-/m0/s1. The second-order valence-corrected chi connectivity index (χ2v) is 7.50. The molecule has 2 atom stereocenters. The number of carbonyl (C=O) groups is 1. The Bertz CT molecular complexity index is 933. The van der Waals surface area contributed by atoms with Crippen LogP contribution in [0.4, 0.5) is 0 Å². The molecule has 2 heterocycles. The molecule has 27 heavy (non-hydrogen) atoms. The highest BCUT2D eigenvalue weighted by Gasteiger charge is 2.18. The van der Waals surface area contributed by atoms with E-state index in [1.807, 2.05) is 17.5 Å². The van der Waals surface area contributed by atoms with E-state index >= 15 is 0 Å². The molecule has 0 spiro atoms. The van der Waals surface area contributed by atoms with Gasteiger partial charge in [0, 0.05) is 17.3 Å². The molecule has 0 saturated heterocycles. The van der Waals surface area contributed by atoms with Crippen molar-refractivity contribution >= 4 is 17.2 Å². The van der Waals surface area contributed by atoms with Gasteiger partial charge in [0.25, 0.3) is 0 Å². The van der Waals surface area contributed by atoms with Crippen molar-refractivity contribution in [1.82, 2.24) is 14.9 Å². The Morgan fingerprint density at radius 2 is 1.93 bits per heavy atom. The quantitative estimate of drug-likeness (QED) is 0.678. The van der Waals surface area contributed by atoms with E-state index in [9.17, 15) is 9.59 Å². The Labute approximate surface area is 162 Å². The van der Waals surface area contributed by atoms with Crippen LogP contribution >= 0.6 is 11.3 Å². The lowest BCUT2D eigenvalue weighted by Gasteiger charge is -2.19. The number of nitrogens with one attached hydrogen (secondary N) is 1. The lowest BCUT2D eigenvalue weighted by atomic mass is 9.95. The first-order valence-electron chi connectivity index (χ1n) is 9.02. The van der Waals surface area contributed by atoms with Gasteiger partial charge in [0.05, 0.1) is 6.04 Å². The number of hydrogen-bond acceptors (Lipinski definition) is 4. The van der Waals surface area contributed by atoms with Crippen LogP contribution < -0.4 is 11.0 Å². The molecule has 1 N–H and O–H groups in total. The molecule has 5 nitrogen and oxygen atoms in total. The Kier molecular flexibility index (Phi) is 6.19. The Balaban J connectivity index is 1.81. The normalized spacial score (nSPS) is 13.1. The lowest BCUT2D eigenvalue weighted by molar-refractivity contribution is -0.122. The van der Waals surface area contributed by atoms with Gasteiger partial charge in [-0.2, -0.15) is 0 Å². The number of hydrogen-bond donors (Lipinski definition) is 1. The van der Waals surface area contributed by atoms with Crippen LogP contribution in [0.2, 0.25) is 0 Å². The molecule has 0 aliphatic heterocycles. The monoisotopic (exact) mass is 381 g/mol. The van der Waals surface area contributed by atoms with Crippen LogP contribution in [-0.2, 0) is 11.3 Å². The predicted molar refractivity (Wildman–Crippen MR) is 108 cm³/mol. The molecule has 6 heteroatoms. The van der Waals surface area contributed by atoms with Crippen molar-refractivity contribution in [2.75, 3.05) is 0 Å². The Morgan fingerprint density at radius 3 is 2.56 bits per heavy atom. The van der Waals surface area contributed by atoms with Crippen LogP contribution in [0.25, 0.3) is 0 Å². The summed E-state index contributed by atoms with van der Waals surface area (Å²) in [7, 11) is 0. The summed E-state index contributed by atoms with van der Waals surface area (Å²) in [4.78, 5) is 29.1. The molecule has 0 fully saturated rings. The number of carbonyl (C=O) groups excluding carboxylic acids is 1. The Morgan fingerprint density at radius 1 is 1.19 bits per heavy atom. The number of benzene rings is 1. The van der Waals surface area contributed by atoms with Gasteiger partial charge >= 0.3 is 5.69 Å². The van der Waals surface area contributed by atoms with Crippen molar-refractivity contribution in [3.05, 3.63) is 86.7 Å². The van der Waals surface area contributed by atoms with Crippen LogP contribution in [0.15, 0.2) is 65.0 Å². The van der Waals surface area contributed by atoms with Crippen molar-refractivity contribution in [2.24, 2.45) is 0 Å². The zero-order valence-electron chi connectivity index (χ0n) is 15.5. The van der Waals surface area contributed by atoms with Crippen molar-refractivity contribution < 1.29 is 4.79 Å². The zero-order valence-corrected chi connectivity index (χ0v) is 16.3. The molecule has 1 amide bonds. The second-order valence-electron chi connectivity index (χ2n) is 6.52. The third-order valence-electron chi connectivity index (χ3n) is 4.68. The largest absolute Gasteiger partial charge is 0.347 e. The molecule has 0 radical (unpaired) electrons. The summed E-state index contributed by atoms with van der Waals surface area (Å²) >= 11 is 1.60. The average Bonchev–Trinajstić information content (AvgIpc) is 3.22. The first kappa shape index (κ1) is 19.0. The minimum Gasteiger partial charge on any atom is -0.343 e. The van der Waals surface area contributed by atoms with Gasteiger partial charge in [-0.15, -0.1) is 11.3 Å². The Hall–Kier alpha value is -2.73. The number of thiophene rings is 1. The fourth-order valence-electron chi connectivity index (χ4n) is 2.90. The number of aromatic nitrogens is 2. The van der Waals surface area contributed by atoms with Crippen molar-refractivity contribution in [3.8, 4) is 0 Å². The van der Waals surface area contributed by atoms with E-state index < -0.39 is 5.69 Å². The van der Waals surface area contributed by atoms with Crippen molar-refractivity contribution in [3.63, 3.8) is 0 Å². The first-order valence-corrected chi connectivity index (χ1v) is 9.90. The van der Waals surface area contributed by atoms with Gasteiger partial charge in [0.15, 0.2) is 0 Å². The van der Waals surface area contributed by atoms with Gasteiger partial charge in [-0.25, -0.2) is 9.78 Å². The molecule has 0 aliphatic rings. The highest BCUT2D eigenvalue weighted by Crippen LogP contribution is 2.28. The fraction of sp³-hybridized carbons (Fsp3) is 0.286. The molecule has 0 bridgehead atoms. The molecule has 0 unspecified atom stereocenters. The molecule has 2 aromatic heterocycles. The van der Waals surface area contributed by atoms with Gasteiger partial charge < -0.3 is 5.32 Å². The third-order valence-corrected chi connectivity index (χ3v) is 5.62. The minimum atomic E-state index is -0.432. The number of rotatable bonds is 7. The summed E-state index contributed by atoms with van der Waals surface area (Å²) in [5.74, 6) is 0.279. The summed E-state index contributed by atoms with van der Waals surface area (Å²) in [5, 5.41) is 5.05. The molecular formula is C21H23N3O2S. The molecule has 140 valence electrons. The van der Waals surface area contributed by atoms with Gasteiger partial charge in [-0.05, 0) is 41.0 Å². The second kappa shape index (κ2) is 8.77. The highest BCUT2D eigenvalue weighted by molar-refractivity contribution is 7.10. The van der Waals surface area contributed by atoms with E-state index in [-0.39, 0.29) is 18.5 Å². The van der Waals surface area contributed by atoms with Gasteiger partial charge in [0.2, 0.25) is 5.91 Å². The SMILES string of the molecule is CC[C@H](C)c1ccc([C@H](NC(=O)Cn2cccnc2=O)c2cccs2)cc1. The smallest absolute Gasteiger partial charge is 0.343 e. The van der Waals surface area contributed by atoms with Crippen molar-refractivity contribution in [1.29, 1.82) is 0 Å². The van der Waals surface area contributed by atoms with Gasteiger partial charge in [-0.3, -0.25) is 9.36 Å². The average molecular weight is 382 g/mol. The number of nitrogens with zero attached hydrogens (tertiary/aromatic N) is 2. The molecule has 3 rings (SSSR count). The first-order chi connectivity index (χ1) is 13.1. The van der Waals surface area contributed by atoms with E-state index in [1.54, 1.807) is 23.6 Å². The topological polar surface area (TPSA) is 64.0 Å². The van der Waals surface area contributed by atoms with E-state index in [4.69, 9.17) is 0 Å². The summed E-state index contributed by atoms with van der Waals surface area (Å²) in [6.45, 7) is 4.33. The maximum absolute atomic E-state index is 12.6. The molecular weight excluding hydrogens is 358 g/mol. The molecule has 3 aromatic rings. The van der Waals surface area contributed by atoms with Crippen LogP contribution in [0.5, 0.6) is 0 Å². The summed E-state index contributed by atoms with van der Waals surface area (Å²) in [5.41, 5.74) is 1.88. The molecule has 0 aliphatic carbocycles. The van der Waals surface area contributed by atoms with E-state index in [0.29, 0.717) is 5.92 Å². The van der Waals surface area contributed by atoms with Gasteiger partial charge in [0.1, 0.15) is 6.54 Å². The summed E-state index contributed by atoms with van der Waals surface area (Å²) in [6.07, 6.45) is 4.07. The molecule has 1 aromatic carbocycles. The van der Waals surface area contributed by atoms with E-state index in [2.05, 4.69) is 48.4 Å². The summed E-state index contributed by atoms with van der Waals surface area (Å²) in [6, 6.07) is 13.8. The summed E-state index contributed by atoms with van der Waals surface area (Å²) < 4.78 is 1.30. The maximum atomic E-state index is 12.6. The van der Waals surface area contributed by atoms with Crippen LogP contribution in [0.1, 0.15) is 48.2 Å². The van der Waals surface area contributed by atoms with E-state index in [1.165, 1.54) is 16.3 Å². The highest BCUT2D eigenvalue weighted by atomic mass is 32.1.